The Morgan fingerprint density at radius 3 is 2.59 bits per heavy atom. The summed E-state index contributed by atoms with van der Waals surface area (Å²) in [5.41, 5.74) is 2.53. The number of aryl methyl sites for hydroxylation is 1. The molecule has 0 unspecified atom stereocenters. The number of aliphatic hydroxyl groups is 1. The zero-order valence-electron chi connectivity index (χ0n) is 20.2. The summed E-state index contributed by atoms with van der Waals surface area (Å²) >= 11 is 0. The average molecular weight is 468 g/mol. The number of nitrogens with zero attached hydrogens (tertiary/aromatic N) is 3. The number of para-hydroxylation sites is 1. The number of aromatic nitrogens is 2. The first-order valence-electron chi connectivity index (χ1n) is 11.5. The lowest BCUT2D eigenvalue weighted by molar-refractivity contribution is 0.0222. The summed E-state index contributed by atoms with van der Waals surface area (Å²) < 4.78 is 27.3. The van der Waals surface area contributed by atoms with Crippen molar-refractivity contribution in [1.82, 2.24) is 14.7 Å². The highest BCUT2D eigenvalue weighted by molar-refractivity contribution is 5.43. The Hall–Kier alpha value is -3.00. The van der Waals surface area contributed by atoms with Crippen molar-refractivity contribution < 1.29 is 19.0 Å². The van der Waals surface area contributed by atoms with Crippen molar-refractivity contribution in [3.8, 4) is 17.3 Å². The quantitative estimate of drug-likeness (QED) is 0.279. The van der Waals surface area contributed by atoms with Gasteiger partial charge in [0.25, 0.3) is 0 Å². The lowest BCUT2D eigenvalue weighted by atomic mass is 10.1. The van der Waals surface area contributed by atoms with E-state index in [1.807, 2.05) is 37.3 Å². The molecule has 2 aromatic carbocycles. The van der Waals surface area contributed by atoms with E-state index in [1.54, 1.807) is 22.9 Å². The smallest absolute Gasteiger partial charge is 0.227 e. The van der Waals surface area contributed by atoms with Crippen LogP contribution in [-0.2, 0) is 11.3 Å². The number of benzene rings is 2. The SMILES string of the molecule is C=CCOC[C@@H](O)CN(Cc1c(C)nn(-c2ccccc2)c1Oc1cccc(F)c1)CC(C)C. The molecule has 0 aliphatic rings. The molecule has 6 nitrogen and oxygen atoms in total. The topological polar surface area (TPSA) is 59.8 Å². The molecule has 7 heteroatoms. The molecule has 3 rings (SSSR count). The van der Waals surface area contributed by atoms with Crippen molar-refractivity contribution >= 4 is 0 Å². The number of hydrogen-bond donors (Lipinski definition) is 1. The Morgan fingerprint density at radius 1 is 1.15 bits per heavy atom. The Labute approximate surface area is 201 Å². The molecule has 0 saturated carbocycles. The van der Waals surface area contributed by atoms with E-state index in [1.165, 1.54) is 12.1 Å². The van der Waals surface area contributed by atoms with Gasteiger partial charge in [-0.2, -0.15) is 5.10 Å². The first-order chi connectivity index (χ1) is 16.4. The van der Waals surface area contributed by atoms with Gasteiger partial charge in [-0.25, -0.2) is 9.07 Å². The van der Waals surface area contributed by atoms with Crippen LogP contribution in [-0.4, -0.2) is 52.2 Å². The van der Waals surface area contributed by atoms with E-state index in [4.69, 9.17) is 14.6 Å². The summed E-state index contributed by atoms with van der Waals surface area (Å²) in [6.07, 6.45) is 1.02. The van der Waals surface area contributed by atoms with Crippen molar-refractivity contribution in [3.63, 3.8) is 0 Å². The number of hydrogen-bond acceptors (Lipinski definition) is 5. The number of rotatable bonds is 13. The molecular weight excluding hydrogens is 433 g/mol. The minimum Gasteiger partial charge on any atom is -0.438 e. The Morgan fingerprint density at radius 2 is 1.91 bits per heavy atom. The predicted molar refractivity (Wildman–Crippen MR) is 132 cm³/mol. The maximum Gasteiger partial charge on any atom is 0.227 e. The molecule has 34 heavy (non-hydrogen) atoms. The van der Waals surface area contributed by atoms with Crippen LogP contribution in [0.2, 0.25) is 0 Å². The van der Waals surface area contributed by atoms with Gasteiger partial charge in [0.2, 0.25) is 5.88 Å². The molecule has 1 atom stereocenters. The van der Waals surface area contributed by atoms with Gasteiger partial charge in [-0.1, -0.05) is 44.2 Å². The van der Waals surface area contributed by atoms with Crippen molar-refractivity contribution in [2.24, 2.45) is 5.92 Å². The third-order valence-electron chi connectivity index (χ3n) is 5.17. The second-order valence-corrected chi connectivity index (χ2v) is 8.74. The molecule has 1 aromatic heterocycles. The fourth-order valence-corrected chi connectivity index (χ4v) is 3.79. The summed E-state index contributed by atoms with van der Waals surface area (Å²) in [7, 11) is 0. The van der Waals surface area contributed by atoms with E-state index in [-0.39, 0.29) is 12.4 Å². The molecule has 0 saturated heterocycles. The molecule has 1 N–H and O–H groups in total. The van der Waals surface area contributed by atoms with Gasteiger partial charge in [0, 0.05) is 25.7 Å². The van der Waals surface area contributed by atoms with E-state index in [0.717, 1.165) is 23.5 Å². The highest BCUT2D eigenvalue weighted by Gasteiger charge is 2.23. The molecule has 182 valence electrons. The predicted octanol–water partition coefficient (Wildman–Crippen LogP) is 5.13. The molecule has 0 fully saturated rings. The van der Waals surface area contributed by atoms with Crippen LogP contribution in [0.15, 0.2) is 67.3 Å². The van der Waals surface area contributed by atoms with Crippen LogP contribution < -0.4 is 4.74 Å². The van der Waals surface area contributed by atoms with Gasteiger partial charge < -0.3 is 14.6 Å². The third kappa shape index (κ3) is 7.25. The first kappa shape index (κ1) is 25.6. The molecule has 0 radical (unpaired) electrons. The molecule has 0 aliphatic heterocycles. The van der Waals surface area contributed by atoms with Gasteiger partial charge >= 0.3 is 0 Å². The zero-order valence-corrected chi connectivity index (χ0v) is 20.2. The van der Waals surface area contributed by atoms with E-state index in [0.29, 0.717) is 37.2 Å². The molecule has 0 spiro atoms. The Balaban J connectivity index is 1.94. The van der Waals surface area contributed by atoms with Gasteiger partial charge in [0.15, 0.2) is 0 Å². The normalized spacial score (nSPS) is 12.3. The fraction of sp³-hybridized carbons (Fsp3) is 0.370. The maximum absolute atomic E-state index is 13.9. The maximum atomic E-state index is 13.9. The number of ether oxygens (including phenoxy) is 2. The van der Waals surface area contributed by atoms with Crippen molar-refractivity contribution in [2.75, 3.05) is 26.3 Å². The second-order valence-electron chi connectivity index (χ2n) is 8.74. The average Bonchev–Trinajstić information content (AvgIpc) is 3.09. The highest BCUT2D eigenvalue weighted by Crippen LogP contribution is 2.32. The zero-order chi connectivity index (χ0) is 24.5. The van der Waals surface area contributed by atoms with Gasteiger partial charge in [-0.05, 0) is 37.1 Å². The van der Waals surface area contributed by atoms with Gasteiger partial charge in [-0.3, -0.25) is 4.90 Å². The fourth-order valence-electron chi connectivity index (χ4n) is 3.79. The lowest BCUT2D eigenvalue weighted by Crippen LogP contribution is -2.37. The monoisotopic (exact) mass is 467 g/mol. The Kier molecular flexibility index (Phi) is 9.39. The van der Waals surface area contributed by atoms with E-state index >= 15 is 0 Å². The van der Waals surface area contributed by atoms with E-state index in [2.05, 4.69) is 25.3 Å². The van der Waals surface area contributed by atoms with Gasteiger partial charge in [0.1, 0.15) is 11.6 Å². The first-order valence-corrected chi connectivity index (χ1v) is 11.5. The summed E-state index contributed by atoms with van der Waals surface area (Å²) in [5, 5.41) is 15.3. The summed E-state index contributed by atoms with van der Waals surface area (Å²) in [5.74, 6) is 0.941. The summed E-state index contributed by atoms with van der Waals surface area (Å²) in [6, 6.07) is 15.8. The standard InChI is InChI=1S/C27H34FN3O3/c1-5-14-33-19-24(32)17-30(16-20(2)3)18-26-21(4)29-31(23-11-7-6-8-12-23)27(26)34-25-13-9-10-22(28)15-25/h5-13,15,20,24,32H,1,14,16-19H2,2-4H3/t24-/m0/s1. The largest absolute Gasteiger partial charge is 0.438 e. The van der Waals surface area contributed by atoms with Crippen molar-refractivity contribution in [3.05, 3.63) is 84.3 Å². The molecule has 1 heterocycles. The van der Waals surface area contributed by atoms with Crippen LogP contribution >= 0.6 is 0 Å². The van der Waals surface area contributed by atoms with Crippen LogP contribution in [0.4, 0.5) is 4.39 Å². The number of aliphatic hydroxyl groups excluding tert-OH is 1. The van der Waals surface area contributed by atoms with Crippen LogP contribution in [0.5, 0.6) is 11.6 Å². The summed E-state index contributed by atoms with van der Waals surface area (Å²) in [6.45, 7) is 12.2. The number of halogens is 1. The lowest BCUT2D eigenvalue weighted by Gasteiger charge is -2.27. The van der Waals surface area contributed by atoms with Gasteiger partial charge in [0.05, 0.1) is 36.3 Å². The van der Waals surface area contributed by atoms with E-state index < -0.39 is 6.10 Å². The molecule has 0 amide bonds. The van der Waals surface area contributed by atoms with Crippen molar-refractivity contribution in [1.29, 1.82) is 0 Å². The second kappa shape index (κ2) is 12.5. The minimum atomic E-state index is -0.643. The van der Waals surface area contributed by atoms with Gasteiger partial charge in [-0.15, -0.1) is 6.58 Å². The highest BCUT2D eigenvalue weighted by atomic mass is 19.1. The Bertz CT molecular complexity index is 1050. The van der Waals surface area contributed by atoms with Crippen LogP contribution in [0.1, 0.15) is 25.1 Å². The van der Waals surface area contributed by atoms with Crippen molar-refractivity contribution in [2.45, 2.75) is 33.4 Å². The van der Waals surface area contributed by atoms with Crippen LogP contribution in [0.25, 0.3) is 5.69 Å². The minimum absolute atomic E-state index is 0.232. The summed E-state index contributed by atoms with van der Waals surface area (Å²) in [4.78, 5) is 2.17. The van der Waals surface area contributed by atoms with Crippen LogP contribution in [0.3, 0.4) is 0 Å². The molecular formula is C27H34FN3O3. The van der Waals surface area contributed by atoms with Crippen LogP contribution in [0, 0.1) is 18.7 Å². The van der Waals surface area contributed by atoms with E-state index in [9.17, 15) is 9.50 Å². The molecule has 0 bridgehead atoms. The third-order valence-corrected chi connectivity index (χ3v) is 5.17. The molecule has 0 aliphatic carbocycles. The molecule has 3 aromatic rings.